The Morgan fingerprint density at radius 3 is 1.93 bits per heavy atom. The van der Waals surface area contributed by atoms with Gasteiger partial charge in [-0.2, -0.15) is 0 Å². The van der Waals surface area contributed by atoms with E-state index >= 15 is 0 Å². The van der Waals surface area contributed by atoms with Crippen molar-refractivity contribution in [3.8, 4) is 28.7 Å². The van der Waals surface area contributed by atoms with Crippen LogP contribution in [0.4, 0.5) is 0 Å². The van der Waals surface area contributed by atoms with Crippen molar-refractivity contribution < 1.29 is 38.0 Å². The number of hydrogen-bond acceptors (Lipinski definition) is 8. The molecule has 1 atom stereocenters. The number of methoxy groups -OCH3 is 2. The Morgan fingerprint density at radius 1 is 0.804 bits per heavy atom. The van der Waals surface area contributed by atoms with Gasteiger partial charge in [0.15, 0.2) is 11.5 Å². The molecule has 5 rings (SSSR count). The van der Waals surface area contributed by atoms with E-state index in [1.54, 1.807) is 0 Å². The molecule has 0 fully saturated rings. The lowest BCUT2D eigenvalue weighted by molar-refractivity contribution is -0.114. The zero-order valence-electron chi connectivity index (χ0n) is 25.9. The number of hydrogen-bond donors (Lipinski definition) is 0. The molecule has 8 nitrogen and oxygen atoms in total. The first kappa shape index (κ1) is 32.4. The molecule has 0 bridgehead atoms. The molecule has 4 aromatic rings. The highest BCUT2D eigenvalue weighted by atomic mass is 35.5. The Labute approximate surface area is 273 Å². The van der Waals surface area contributed by atoms with Crippen LogP contribution >= 0.6 is 11.6 Å². The van der Waals surface area contributed by atoms with E-state index in [-0.39, 0.29) is 52.4 Å². The van der Waals surface area contributed by atoms with Crippen LogP contribution < -0.4 is 23.7 Å². The molecular weight excluding hydrogens is 608 g/mol. The van der Waals surface area contributed by atoms with Crippen molar-refractivity contribution in [2.24, 2.45) is 0 Å². The van der Waals surface area contributed by atoms with Crippen molar-refractivity contribution in [1.82, 2.24) is 0 Å². The second kappa shape index (κ2) is 15.4. The van der Waals surface area contributed by atoms with Crippen molar-refractivity contribution in [3.05, 3.63) is 124 Å². The van der Waals surface area contributed by atoms with Crippen LogP contribution in [0.1, 0.15) is 46.8 Å². The lowest BCUT2D eigenvalue weighted by Gasteiger charge is -2.17. The summed E-state index contributed by atoms with van der Waals surface area (Å²) >= 11 is 6.52. The fraction of sp³-hybridized carbons (Fsp3) is 0.243. The fourth-order valence-electron chi connectivity index (χ4n) is 4.93. The largest absolute Gasteiger partial charge is 0.496 e. The first-order valence-electron chi connectivity index (χ1n) is 14.9. The van der Waals surface area contributed by atoms with Gasteiger partial charge < -0.3 is 28.4 Å². The predicted molar refractivity (Wildman–Crippen MR) is 174 cm³/mol. The molecule has 0 saturated carbocycles. The van der Waals surface area contributed by atoms with Crippen LogP contribution in [0.25, 0.3) is 0 Å². The second-order valence-corrected chi connectivity index (χ2v) is 11.0. The summed E-state index contributed by atoms with van der Waals surface area (Å²) in [5.74, 6) is 1.19. The molecule has 1 heterocycles. The fourth-order valence-corrected chi connectivity index (χ4v) is 5.20. The average Bonchev–Trinajstić information content (AvgIpc) is 3.43. The van der Waals surface area contributed by atoms with Gasteiger partial charge >= 0.3 is 0 Å². The Kier molecular flexibility index (Phi) is 10.8. The van der Waals surface area contributed by atoms with E-state index in [0.717, 1.165) is 11.1 Å². The molecule has 0 aromatic heterocycles. The number of halogens is 1. The SMILES string of the molecule is CCCC(=O)C=C(OCc1cc(OCc2ccccc2)cc(OCc2ccccc2)c1)C1Oc2c(Cl)c(OC)cc(OC)c2C1=O. The number of carbonyl (C=O) groups is 2. The average molecular weight is 643 g/mol. The molecular formula is C37H35ClO8. The quantitative estimate of drug-likeness (QED) is 0.0954. The first-order valence-corrected chi connectivity index (χ1v) is 15.3. The van der Waals surface area contributed by atoms with E-state index in [1.165, 1.54) is 26.4 Å². The molecule has 1 aliphatic rings. The number of allylic oxidation sites excluding steroid dienone is 1. The van der Waals surface area contributed by atoms with Crippen LogP contribution in [0.3, 0.4) is 0 Å². The molecule has 0 N–H and O–H groups in total. The van der Waals surface area contributed by atoms with Gasteiger partial charge in [-0.05, 0) is 35.2 Å². The highest BCUT2D eigenvalue weighted by Crippen LogP contribution is 2.48. The summed E-state index contributed by atoms with van der Waals surface area (Å²) in [6.45, 7) is 2.60. The van der Waals surface area contributed by atoms with E-state index in [1.807, 2.05) is 85.8 Å². The van der Waals surface area contributed by atoms with Crippen molar-refractivity contribution in [2.75, 3.05) is 14.2 Å². The number of benzene rings is 4. The smallest absolute Gasteiger partial charge is 0.218 e. The monoisotopic (exact) mass is 642 g/mol. The van der Waals surface area contributed by atoms with Gasteiger partial charge in [-0.15, -0.1) is 0 Å². The highest BCUT2D eigenvalue weighted by molar-refractivity contribution is 6.35. The van der Waals surface area contributed by atoms with Gasteiger partial charge in [-0.1, -0.05) is 79.2 Å². The van der Waals surface area contributed by atoms with Crippen molar-refractivity contribution in [2.45, 2.75) is 45.7 Å². The Hall–Kier alpha value is -4.95. The molecule has 0 radical (unpaired) electrons. The molecule has 0 amide bonds. The topological polar surface area (TPSA) is 89.5 Å². The zero-order chi connectivity index (χ0) is 32.5. The normalized spacial score (nSPS) is 13.9. The van der Waals surface area contributed by atoms with Gasteiger partial charge in [-0.25, -0.2) is 0 Å². The Morgan fingerprint density at radius 2 is 1.39 bits per heavy atom. The van der Waals surface area contributed by atoms with Crippen LogP contribution in [0.15, 0.2) is 96.8 Å². The summed E-state index contributed by atoms with van der Waals surface area (Å²) in [6.07, 6.45) is 0.972. The maximum atomic E-state index is 13.7. The zero-order valence-corrected chi connectivity index (χ0v) is 26.7. The molecule has 4 aromatic carbocycles. The van der Waals surface area contributed by atoms with Crippen molar-refractivity contribution >= 4 is 23.2 Å². The Bertz CT molecular complexity index is 1640. The first-order chi connectivity index (χ1) is 22.4. The molecule has 46 heavy (non-hydrogen) atoms. The summed E-state index contributed by atoms with van der Waals surface area (Å²) < 4.78 is 35.3. The predicted octanol–water partition coefficient (Wildman–Crippen LogP) is 7.93. The molecule has 9 heteroatoms. The highest BCUT2D eigenvalue weighted by Gasteiger charge is 2.42. The maximum Gasteiger partial charge on any atom is 0.218 e. The number of ketones is 2. The lowest BCUT2D eigenvalue weighted by atomic mass is 10.0. The summed E-state index contributed by atoms with van der Waals surface area (Å²) in [4.78, 5) is 26.5. The molecule has 0 spiro atoms. The Balaban J connectivity index is 1.41. The second-order valence-electron chi connectivity index (χ2n) is 10.6. The van der Waals surface area contributed by atoms with E-state index in [2.05, 4.69) is 0 Å². The lowest BCUT2D eigenvalue weighted by Crippen LogP contribution is -2.25. The van der Waals surface area contributed by atoms with Gasteiger partial charge in [0.05, 0.1) is 14.2 Å². The van der Waals surface area contributed by atoms with Crippen molar-refractivity contribution in [1.29, 1.82) is 0 Å². The summed E-state index contributed by atoms with van der Waals surface area (Å²) in [5, 5.41) is 0.122. The third-order valence-electron chi connectivity index (χ3n) is 7.21. The number of rotatable bonds is 15. The third kappa shape index (κ3) is 7.82. The summed E-state index contributed by atoms with van der Waals surface area (Å²) in [6, 6.07) is 26.7. The van der Waals surface area contributed by atoms with Gasteiger partial charge in [-0.3, -0.25) is 9.59 Å². The van der Waals surface area contributed by atoms with Gasteiger partial charge in [0.2, 0.25) is 11.9 Å². The molecule has 0 aliphatic carbocycles. The standard InChI is InChI=1S/C37H35ClO8/c1-4-11-27(39)18-32(36-35(40)33-30(41-2)20-31(42-3)34(38)37(33)46-36)45-23-26-16-28(43-21-24-12-7-5-8-13-24)19-29(17-26)44-22-25-14-9-6-10-15-25/h5-10,12-20,36H,4,11,21-23H2,1-3H3. The summed E-state index contributed by atoms with van der Waals surface area (Å²) in [7, 11) is 2.89. The van der Waals surface area contributed by atoms with Gasteiger partial charge in [0.25, 0.3) is 0 Å². The minimum Gasteiger partial charge on any atom is -0.496 e. The third-order valence-corrected chi connectivity index (χ3v) is 7.57. The molecule has 1 unspecified atom stereocenters. The minimum atomic E-state index is -1.25. The number of Topliss-reactive ketones (excluding diaryl/α,β-unsaturated/α-hetero) is 1. The molecule has 0 saturated heterocycles. The van der Waals surface area contributed by atoms with E-state index in [4.69, 9.17) is 40.0 Å². The van der Waals surface area contributed by atoms with Crippen LogP contribution in [0.5, 0.6) is 28.7 Å². The van der Waals surface area contributed by atoms with E-state index in [9.17, 15) is 9.59 Å². The van der Waals surface area contributed by atoms with Gasteiger partial charge in [0, 0.05) is 24.6 Å². The number of carbonyl (C=O) groups excluding carboxylic acids is 2. The number of fused-ring (bicyclic) bond motifs is 1. The maximum absolute atomic E-state index is 13.7. The summed E-state index contributed by atoms with van der Waals surface area (Å²) in [5.41, 5.74) is 2.88. The van der Waals surface area contributed by atoms with Gasteiger partial charge in [0.1, 0.15) is 59.2 Å². The van der Waals surface area contributed by atoms with Crippen LogP contribution in [0.2, 0.25) is 5.02 Å². The molecule has 238 valence electrons. The van der Waals surface area contributed by atoms with Crippen LogP contribution in [-0.4, -0.2) is 31.9 Å². The van der Waals surface area contributed by atoms with Crippen LogP contribution in [-0.2, 0) is 29.4 Å². The van der Waals surface area contributed by atoms with E-state index in [0.29, 0.717) is 36.7 Å². The van der Waals surface area contributed by atoms with Crippen LogP contribution in [0, 0.1) is 0 Å². The van der Waals surface area contributed by atoms with E-state index < -0.39 is 11.9 Å². The molecule has 1 aliphatic heterocycles. The minimum absolute atomic E-state index is 0.00680. The number of ether oxygens (including phenoxy) is 6. The van der Waals surface area contributed by atoms with Crippen molar-refractivity contribution in [3.63, 3.8) is 0 Å².